The van der Waals surface area contributed by atoms with Crippen LogP contribution in [0.15, 0.2) is 71.9 Å². The van der Waals surface area contributed by atoms with Crippen LogP contribution in [0.25, 0.3) is 10.9 Å². The van der Waals surface area contributed by atoms with Crippen LogP contribution in [0.3, 0.4) is 0 Å². The quantitative estimate of drug-likeness (QED) is 0.213. The van der Waals surface area contributed by atoms with Crippen LogP contribution in [0, 0.1) is 13.8 Å². The lowest BCUT2D eigenvalue weighted by Gasteiger charge is -2.14. The fraction of sp³-hybridized carbons (Fsp3) is 0.160. The summed E-state index contributed by atoms with van der Waals surface area (Å²) in [6, 6.07) is 19.9. The second-order valence-electron chi connectivity index (χ2n) is 7.54. The van der Waals surface area contributed by atoms with E-state index in [1.807, 2.05) is 68.4 Å². The van der Waals surface area contributed by atoms with E-state index in [4.69, 9.17) is 12.2 Å². The maximum atomic E-state index is 5.55. The van der Waals surface area contributed by atoms with Crippen molar-refractivity contribution in [2.24, 2.45) is 4.99 Å². The summed E-state index contributed by atoms with van der Waals surface area (Å²) in [7, 11) is 0. The predicted molar refractivity (Wildman–Crippen MR) is 140 cm³/mol. The average molecular weight is 456 g/mol. The van der Waals surface area contributed by atoms with Gasteiger partial charge < -0.3 is 10.6 Å². The van der Waals surface area contributed by atoms with Gasteiger partial charge in [0, 0.05) is 22.5 Å². The van der Waals surface area contributed by atoms with Crippen LogP contribution in [-0.4, -0.2) is 26.0 Å². The van der Waals surface area contributed by atoms with E-state index in [-0.39, 0.29) is 0 Å². The molecule has 0 aliphatic heterocycles. The van der Waals surface area contributed by atoms with Gasteiger partial charge in [0.05, 0.1) is 17.4 Å². The molecule has 4 aromatic rings. The van der Waals surface area contributed by atoms with Gasteiger partial charge in [-0.2, -0.15) is 4.99 Å². The fourth-order valence-corrected chi connectivity index (χ4v) is 3.65. The molecular weight excluding hydrogens is 430 g/mol. The van der Waals surface area contributed by atoms with Gasteiger partial charge in [0.15, 0.2) is 0 Å². The average Bonchev–Trinajstić information content (AvgIpc) is 2.78. The first-order chi connectivity index (χ1) is 16.0. The number of thiocarbonyl (C=S) groups is 1. The summed E-state index contributed by atoms with van der Waals surface area (Å²) in [5.74, 6) is 0.827. The first kappa shape index (κ1) is 22.3. The Labute approximate surface area is 198 Å². The fourth-order valence-electron chi connectivity index (χ4n) is 3.45. The zero-order valence-electron chi connectivity index (χ0n) is 18.8. The number of hydrogen-bond acceptors (Lipinski definition) is 4. The SMILES string of the molecule is CCc1ccccc1NC(=S)/N=C(/Nc1cnc2ccccc2c1)Nc1nc(C)cc(C)n1. The molecule has 0 unspecified atom stereocenters. The minimum Gasteiger partial charge on any atom is -0.331 e. The Morgan fingerprint density at radius 3 is 2.42 bits per heavy atom. The van der Waals surface area contributed by atoms with E-state index in [2.05, 4.69) is 48.9 Å². The van der Waals surface area contributed by atoms with E-state index >= 15 is 0 Å². The van der Waals surface area contributed by atoms with Crippen molar-refractivity contribution in [3.05, 3.63) is 83.8 Å². The molecule has 2 heterocycles. The molecule has 3 N–H and O–H groups in total. The number of anilines is 3. The van der Waals surface area contributed by atoms with Crippen LogP contribution < -0.4 is 16.0 Å². The van der Waals surface area contributed by atoms with Crippen LogP contribution in [0.2, 0.25) is 0 Å². The van der Waals surface area contributed by atoms with Crippen molar-refractivity contribution in [2.45, 2.75) is 27.2 Å². The Kier molecular flexibility index (Phi) is 6.85. The van der Waals surface area contributed by atoms with Gasteiger partial charge in [0.2, 0.25) is 17.0 Å². The number of aliphatic imine (C=N–C) groups is 1. The molecule has 166 valence electrons. The summed E-state index contributed by atoms with van der Waals surface area (Å²) in [6.45, 7) is 5.95. The van der Waals surface area contributed by atoms with E-state index in [1.54, 1.807) is 6.20 Å². The van der Waals surface area contributed by atoms with Crippen molar-refractivity contribution in [3.63, 3.8) is 0 Å². The van der Waals surface area contributed by atoms with Crippen molar-refractivity contribution in [3.8, 4) is 0 Å². The van der Waals surface area contributed by atoms with Crippen molar-refractivity contribution >= 4 is 51.5 Å². The van der Waals surface area contributed by atoms with E-state index < -0.39 is 0 Å². The van der Waals surface area contributed by atoms with Gasteiger partial charge in [0.25, 0.3) is 0 Å². The second kappa shape index (κ2) is 10.1. The lowest BCUT2D eigenvalue weighted by Crippen LogP contribution is -2.26. The minimum absolute atomic E-state index is 0.309. The van der Waals surface area contributed by atoms with Crippen molar-refractivity contribution in [1.29, 1.82) is 0 Å². The molecule has 2 aromatic carbocycles. The van der Waals surface area contributed by atoms with Gasteiger partial charge in [-0.05, 0) is 62.3 Å². The first-order valence-electron chi connectivity index (χ1n) is 10.7. The first-order valence-corrected chi connectivity index (χ1v) is 11.1. The smallest absolute Gasteiger partial charge is 0.229 e. The number of pyridine rings is 1. The second-order valence-corrected chi connectivity index (χ2v) is 7.93. The molecule has 0 amide bonds. The monoisotopic (exact) mass is 455 g/mol. The Morgan fingerprint density at radius 2 is 1.64 bits per heavy atom. The lowest BCUT2D eigenvalue weighted by molar-refractivity contribution is 1.06. The minimum atomic E-state index is 0.309. The van der Waals surface area contributed by atoms with Gasteiger partial charge in [-0.1, -0.05) is 43.3 Å². The van der Waals surface area contributed by atoms with E-state index in [1.165, 1.54) is 0 Å². The molecule has 4 rings (SSSR count). The third-order valence-corrected chi connectivity index (χ3v) is 5.11. The number of aryl methyl sites for hydroxylation is 3. The lowest BCUT2D eigenvalue weighted by atomic mass is 10.1. The molecule has 2 aromatic heterocycles. The molecule has 8 heteroatoms. The van der Waals surface area contributed by atoms with Crippen LogP contribution >= 0.6 is 12.2 Å². The molecule has 0 aliphatic rings. The summed E-state index contributed by atoms with van der Waals surface area (Å²) in [5, 5.41) is 11.0. The van der Waals surface area contributed by atoms with Gasteiger partial charge in [0.1, 0.15) is 0 Å². The molecule has 0 saturated carbocycles. The predicted octanol–water partition coefficient (Wildman–Crippen LogP) is 5.48. The molecule has 0 spiro atoms. The van der Waals surface area contributed by atoms with Crippen LogP contribution in [-0.2, 0) is 6.42 Å². The molecule has 0 radical (unpaired) electrons. The van der Waals surface area contributed by atoms with Crippen LogP contribution in [0.4, 0.5) is 17.3 Å². The van der Waals surface area contributed by atoms with Gasteiger partial charge in [-0.25, -0.2) is 9.97 Å². The third kappa shape index (κ3) is 5.87. The summed E-state index contributed by atoms with van der Waals surface area (Å²) in [4.78, 5) is 18.0. The number of para-hydroxylation sites is 2. The molecule has 0 atom stereocenters. The summed E-state index contributed by atoms with van der Waals surface area (Å²) >= 11 is 5.55. The maximum Gasteiger partial charge on any atom is 0.229 e. The van der Waals surface area contributed by atoms with Crippen molar-refractivity contribution in [2.75, 3.05) is 16.0 Å². The number of aromatic nitrogens is 3. The topological polar surface area (TPSA) is 87.1 Å². The number of nitrogens with one attached hydrogen (secondary N) is 3. The largest absolute Gasteiger partial charge is 0.331 e. The highest BCUT2D eigenvalue weighted by molar-refractivity contribution is 7.80. The molecule has 0 saturated heterocycles. The highest BCUT2D eigenvalue weighted by Gasteiger charge is 2.09. The van der Waals surface area contributed by atoms with Crippen molar-refractivity contribution < 1.29 is 0 Å². The van der Waals surface area contributed by atoms with Crippen LogP contribution in [0.1, 0.15) is 23.9 Å². The molecule has 0 bridgehead atoms. The number of hydrogen-bond donors (Lipinski definition) is 3. The normalized spacial score (nSPS) is 11.3. The van der Waals surface area contributed by atoms with E-state index in [0.717, 1.165) is 45.6 Å². The summed E-state index contributed by atoms with van der Waals surface area (Å²) in [6.07, 6.45) is 2.64. The zero-order valence-corrected chi connectivity index (χ0v) is 19.6. The summed E-state index contributed by atoms with van der Waals surface area (Å²) < 4.78 is 0. The molecular formula is C25H25N7S. The highest BCUT2D eigenvalue weighted by atomic mass is 32.1. The highest BCUT2D eigenvalue weighted by Crippen LogP contribution is 2.18. The van der Waals surface area contributed by atoms with E-state index in [9.17, 15) is 0 Å². The van der Waals surface area contributed by atoms with Gasteiger partial charge >= 0.3 is 0 Å². The van der Waals surface area contributed by atoms with Crippen LogP contribution in [0.5, 0.6) is 0 Å². The Morgan fingerprint density at radius 1 is 0.909 bits per heavy atom. The number of fused-ring (bicyclic) bond motifs is 1. The number of guanidine groups is 1. The van der Waals surface area contributed by atoms with Gasteiger partial charge in [-0.3, -0.25) is 10.3 Å². The maximum absolute atomic E-state index is 5.55. The Balaban J connectivity index is 1.63. The Hall–Kier alpha value is -3.91. The standard InChI is InChI=1S/C25H25N7S/c1-4-18-9-5-8-12-22(18)30-25(33)32-24(31-23-27-16(2)13-17(3)28-23)29-20-14-19-10-6-7-11-21(19)26-15-20/h5-15H,4H2,1-3H3,(H3,27,28,29,30,31,32,33). The molecule has 33 heavy (non-hydrogen) atoms. The molecule has 0 aliphatic carbocycles. The Bertz CT molecular complexity index is 1310. The number of rotatable bonds is 4. The van der Waals surface area contributed by atoms with Crippen molar-refractivity contribution in [1.82, 2.24) is 15.0 Å². The van der Waals surface area contributed by atoms with E-state index in [0.29, 0.717) is 17.0 Å². The molecule has 0 fully saturated rings. The number of benzene rings is 2. The molecule has 7 nitrogen and oxygen atoms in total. The van der Waals surface area contributed by atoms with Gasteiger partial charge in [-0.15, -0.1) is 0 Å². The zero-order chi connectivity index (χ0) is 23.2. The summed E-state index contributed by atoms with van der Waals surface area (Å²) in [5.41, 5.74) is 5.49. The third-order valence-electron chi connectivity index (χ3n) is 4.92. The number of nitrogens with zero attached hydrogens (tertiary/aromatic N) is 4.